The van der Waals surface area contributed by atoms with E-state index in [0.717, 1.165) is 25.9 Å². The lowest BCUT2D eigenvalue weighted by molar-refractivity contribution is 0.0944. The molecule has 0 aliphatic carbocycles. The lowest BCUT2D eigenvalue weighted by Crippen LogP contribution is -2.39. The standard InChI is InChI=1S/C15H17FN4O2/c16-13-8-18-15(19-9-13)20-4-1-11(2-5-20)7-17-14(21)12-3-6-22-10-12/h3,6,8-11H,1-2,4-5,7H2,(H,17,21). The normalized spacial score (nSPS) is 15.8. The molecule has 6 nitrogen and oxygen atoms in total. The zero-order valence-electron chi connectivity index (χ0n) is 12.0. The summed E-state index contributed by atoms with van der Waals surface area (Å²) in [5.74, 6) is 0.438. The molecule has 1 amide bonds. The number of halogens is 1. The van der Waals surface area contributed by atoms with Crippen molar-refractivity contribution in [2.45, 2.75) is 12.8 Å². The average Bonchev–Trinajstić information content (AvgIpc) is 3.08. The van der Waals surface area contributed by atoms with Gasteiger partial charge in [-0.05, 0) is 24.8 Å². The lowest BCUT2D eigenvalue weighted by atomic mass is 9.97. The van der Waals surface area contributed by atoms with Crippen LogP contribution in [0.15, 0.2) is 35.4 Å². The molecule has 0 atom stereocenters. The number of aromatic nitrogens is 2. The fourth-order valence-electron chi connectivity index (χ4n) is 2.54. The number of hydrogen-bond acceptors (Lipinski definition) is 5. The maximum atomic E-state index is 12.8. The van der Waals surface area contributed by atoms with E-state index in [0.29, 0.717) is 24.0 Å². The third kappa shape index (κ3) is 3.41. The molecule has 0 aromatic carbocycles. The molecule has 0 spiro atoms. The first kappa shape index (κ1) is 14.5. The topological polar surface area (TPSA) is 71.3 Å². The largest absolute Gasteiger partial charge is 0.472 e. The van der Waals surface area contributed by atoms with Crippen LogP contribution in [0.25, 0.3) is 0 Å². The van der Waals surface area contributed by atoms with E-state index in [4.69, 9.17) is 4.42 Å². The zero-order valence-corrected chi connectivity index (χ0v) is 12.0. The van der Waals surface area contributed by atoms with Gasteiger partial charge in [-0.15, -0.1) is 0 Å². The Bertz CT molecular complexity index is 607. The summed E-state index contributed by atoms with van der Waals surface area (Å²) in [4.78, 5) is 21.9. The number of hydrogen-bond donors (Lipinski definition) is 1. The van der Waals surface area contributed by atoms with E-state index in [-0.39, 0.29) is 5.91 Å². The monoisotopic (exact) mass is 304 g/mol. The van der Waals surface area contributed by atoms with Crippen LogP contribution in [0.3, 0.4) is 0 Å². The Balaban J connectivity index is 1.45. The highest BCUT2D eigenvalue weighted by atomic mass is 19.1. The van der Waals surface area contributed by atoms with Crippen molar-refractivity contribution in [3.8, 4) is 0 Å². The van der Waals surface area contributed by atoms with E-state index in [1.165, 1.54) is 24.9 Å². The molecule has 2 aromatic heterocycles. The van der Waals surface area contributed by atoms with Gasteiger partial charge in [-0.1, -0.05) is 0 Å². The molecular formula is C15H17FN4O2. The Morgan fingerprint density at radius 3 is 2.73 bits per heavy atom. The molecule has 22 heavy (non-hydrogen) atoms. The second-order valence-electron chi connectivity index (χ2n) is 5.35. The summed E-state index contributed by atoms with van der Waals surface area (Å²) in [6.07, 6.45) is 7.15. The molecule has 7 heteroatoms. The minimum absolute atomic E-state index is 0.113. The van der Waals surface area contributed by atoms with Gasteiger partial charge in [0.25, 0.3) is 5.91 Å². The van der Waals surface area contributed by atoms with Crippen LogP contribution in [0.5, 0.6) is 0 Å². The van der Waals surface area contributed by atoms with E-state index < -0.39 is 5.82 Å². The molecule has 1 fully saturated rings. The number of carbonyl (C=O) groups is 1. The van der Waals surface area contributed by atoms with Gasteiger partial charge >= 0.3 is 0 Å². The average molecular weight is 304 g/mol. The predicted molar refractivity (Wildman–Crippen MR) is 78.0 cm³/mol. The van der Waals surface area contributed by atoms with Crippen LogP contribution in [0.2, 0.25) is 0 Å². The van der Waals surface area contributed by atoms with E-state index in [9.17, 15) is 9.18 Å². The maximum absolute atomic E-state index is 12.8. The number of nitrogens with zero attached hydrogens (tertiary/aromatic N) is 3. The molecule has 0 radical (unpaired) electrons. The molecule has 0 unspecified atom stereocenters. The number of carbonyl (C=O) groups excluding carboxylic acids is 1. The Hall–Kier alpha value is -2.44. The van der Waals surface area contributed by atoms with E-state index >= 15 is 0 Å². The number of rotatable bonds is 4. The van der Waals surface area contributed by atoms with Crippen molar-refractivity contribution in [2.24, 2.45) is 5.92 Å². The molecule has 3 heterocycles. The van der Waals surface area contributed by atoms with Gasteiger partial charge in [-0.2, -0.15) is 0 Å². The van der Waals surface area contributed by atoms with Crippen LogP contribution >= 0.6 is 0 Å². The SMILES string of the molecule is O=C(NCC1CCN(c2ncc(F)cn2)CC1)c1ccoc1. The fraction of sp³-hybridized carbons (Fsp3) is 0.400. The van der Waals surface area contributed by atoms with Crippen LogP contribution in [-0.2, 0) is 0 Å². The summed E-state index contributed by atoms with van der Waals surface area (Å²) < 4.78 is 17.7. The molecule has 0 saturated carbocycles. The van der Waals surface area contributed by atoms with Gasteiger partial charge in [-0.3, -0.25) is 4.79 Å². The van der Waals surface area contributed by atoms with Gasteiger partial charge < -0.3 is 14.6 Å². The first-order chi connectivity index (χ1) is 10.7. The summed E-state index contributed by atoms with van der Waals surface area (Å²) in [5.41, 5.74) is 0.539. The van der Waals surface area contributed by atoms with Crippen molar-refractivity contribution in [1.29, 1.82) is 0 Å². The Labute approximate surface area is 127 Å². The highest BCUT2D eigenvalue weighted by Gasteiger charge is 2.21. The quantitative estimate of drug-likeness (QED) is 0.933. The minimum atomic E-state index is -0.430. The summed E-state index contributed by atoms with van der Waals surface area (Å²) in [6, 6.07) is 1.64. The Morgan fingerprint density at radius 1 is 1.36 bits per heavy atom. The third-order valence-electron chi connectivity index (χ3n) is 3.84. The summed E-state index contributed by atoms with van der Waals surface area (Å²) in [6.45, 7) is 2.25. The van der Waals surface area contributed by atoms with Crippen LogP contribution in [0, 0.1) is 11.7 Å². The zero-order chi connectivity index (χ0) is 15.4. The smallest absolute Gasteiger partial charge is 0.254 e. The van der Waals surface area contributed by atoms with Gasteiger partial charge in [0, 0.05) is 19.6 Å². The van der Waals surface area contributed by atoms with Gasteiger partial charge in [0.15, 0.2) is 5.82 Å². The molecule has 3 rings (SSSR count). The Kier molecular flexibility index (Phi) is 4.32. The van der Waals surface area contributed by atoms with Crippen molar-refractivity contribution < 1.29 is 13.6 Å². The minimum Gasteiger partial charge on any atom is -0.472 e. The number of anilines is 1. The highest BCUT2D eigenvalue weighted by molar-refractivity contribution is 5.93. The van der Waals surface area contributed by atoms with Crippen LogP contribution in [0.4, 0.5) is 10.3 Å². The van der Waals surface area contributed by atoms with Crippen molar-refractivity contribution in [2.75, 3.05) is 24.5 Å². The van der Waals surface area contributed by atoms with Crippen molar-refractivity contribution >= 4 is 11.9 Å². The number of furan rings is 1. The van der Waals surface area contributed by atoms with Gasteiger partial charge in [-0.25, -0.2) is 14.4 Å². The predicted octanol–water partition coefficient (Wildman–Crippen LogP) is 1.86. The van der Waals surface area contributed by atoms with E-state index in [2.05, 4.69) is 15.3 Å². The van der Waals surface area contributed by atoms with E-state index in [1.54, 1.807) is 6.07 Å². The molecule has 2 aromatic rings. The first-order valence-corrected chi connectivity index (χ1v) is 7.25. The van der Waals surface area contributed by atoms with Crippen LogP contribution < -0.4 is 10.2 Å². The molecule has 1 aliphatic heterocycles. The number of amides is 1. The third-order valence-corrected chi connectivity index (χ3v) is 3.84. The van der Waals surface area contributed by atoms with Crippen molar-refractivity contribution in [1.82, 2.24) is 15.3 Å². The Morgan fingerprint density at radius 2 is 2.09 bits per heavy atom. The summed E-state index contributed by atoms with van der Waals surface area (Å²) in [7, 11) is 0. The number of nitrogens with one attached hydrogen (secondary N) is 1. The van der Waals surface area contributed by atoms with E-state index in [1.807, 2.05) is 4.90 Å². The van der Waals surface area contributed by atoms with Gasteiger partial charge in [0.1, 0.15) is 6.26 Å². The molecule has 1 aliphatic rings. The lowest BCUT2D eigenvalue weighted by Gasteiger charge is -2.31. The maximum Gasteiger partial charge on any atom is 0.254 e. The summed E-state index contributed by atoms with van der Waals surface area (Å²) in [5, 5.41) is 2.92. The second kappa shape index (κ2) is 6.55. The fourth-order valence-corrected chi connectivity index (χ4v) is 2.54. The summed E-state index contributed by atoms with van der Waals surface area (Å²) >= 11 is 0. The molecule has 0 bridgehead atoms. The van der Waals surface area contributed by atoms with Crippen molar-refractivity contribution in [3.63, 3.8) is 0 Å². The van der Waals surface area contributed by atoms with Crippen molar-refractivity contribution in [3.05, 3.63) is 42.4 Å². The second-order valence-corrected chi connectivity index (χ2v) is 5.35. The number of piperidine rings is 1. The van der Waals surface area contributed by atoms with Gasteiger partial charge in [0.05, 0.1) is 24.2 Å². The van der Waals surface area contributed by atoms with Gasteiger partial charge in [0.2, 0.25) is 5.95 Å². The molecule has 1 saturated heterocycles. The molecule has 116 valence electrons. The van der Waals surface area contributed by atoms with Crippen LogP contribution in [-0.4, -0.2) is 35.5 Å². The highest BCUT2D eigenvalue weighted by Crippen LogP contribution is 2.20. The first-order valence-electron chi connectivity index (χ1n) is 7.25. The molecular weight excluding hydrogens is 287 g/mol. The van der Waals surface area contributed by atoms with Crippen LogP contribution in [0.1, 0.15) is 23.2 Å². The molecule has 1 N–H and O–H groups in total.